The van der Waals surface area contributed by atoms with Gasteiger partial charge in [-0.15, -0.1) is 0 Å². The van der Waals surface area contributed by atoms with Gasteiger partial charge in [0.15, 0.2) is 5.75 Å². The van der Waals surface area contributed by atoms with E-state index in [-0.39, 0.29) is 11.7 Å². The Morgan fingerprint density at radius 2 is 1.79 bits per heavy atom. The SMILES string of the molecule is O=C(/C=C/c1ccc(Cl)cc1)Oc1c(Br)cc(Br)cc1C=NNC(=O)c1ccc2c(c1)COC2. The van der Waals surface area contributed by atoms with Crippen LogP contribution in [-0.4, -0.2) is 18.1 Å². The quantitative estimate of drug-likeness (QED) is 0.118. The zero-order valence-corrected chi connectivity index (χ0v) is 21.5. The third-order valence-electron chi connectivity index (χ3n) is 4.87. The molecule has 1 aliphatic heterocycles. The predicted molar refractivity (Wildman–Crippen MR) is 138 cm³/mol. The minimum Gasteiger partial charge on any atom is -0.421 e. The van der Waals surface area contributed by atoms with Gasteiger partial charge in [-0.05, 0) is 75.1 Å². The van der Waals surface area contributed by atoms with E-state index < -0.39 is 5.97 Å². The van der Waals surface area contributed by atoms with Crippen molar-refractivity contribution >= 4 is 67.6 Å². The van der Waals surface area contributed by atoms with Crippen LogP contribution in [0, 0.1) is 0 Å². The molecule has 0 radical (unpaired) electrons. The Bertz CT molecular complexity index is 1310. The van der Waals surface area contributed by atoms with E-state index in [1.54, 1.807) is 54.6 Å². The topological polar surface area (TPSA) is 77.0 Å². The summed E-state index contributed by atoms with van der Waals surface area (Å²) in [5.41, 5.74) is 6.35. The van der Waals surface area contributed by atoms with E-state index >= 15 is 0 Å². The molecule has 172 valence electrons. The minimum absolute atomic E-state index is 0.265. The highest BCUT2D eigenvalue weighted by Crippen LogP contribution is 2.32. The number of halogens is 3. The summed E-state index contributed by atoms with van der Waals surface area (Å²) in [5.74, 6) is -0.664. The molecule has 9 heteroatoms. The summed E-state index contributed by atoms with van der Waals surface area (Å²) in [6.07, 6.45) is 4.36. The normalized spacial score (nSPS) is 12.8. The lowest BCUT2D eigenvalue weighted by atomic mass is 10.1. The Morgan fingerprint density at radius 1 is 1.03 bits per heavy atom. The molecule has 34 heavy (non-hydrogen) atoms. The number of amides is 1. The highest BCUT2D eigenvalue weighted by molar-refractivity contribution is 9.11. The van der Waals surface area contributed by atoms with Crippen LogP contribution in [0.15, 0.2) is 74.7 Å². The van der Waals surface area contributed by atoms with Crippen molar-refractivity contribution in [3.8, 4) is 5.75 Å². The maximum absolute atomic E-state index is 12.5. The average Bonchev–Trinajstić information content (AvgIpc) is 3.28. The first-order valence-electron chi connectivity index (χ1n) is 10.1. The van der Waals surface area contributed by atoms with Crippen LogP contribution in [0.4, 0.5) is 0 Å². The summed E-state index contributed by atoms with van der Waals surface area (Å²) in [4.78, 5) is 24.9. The Morgan fingerprint density at radius 3 is 2.59 bits per heavy atom. The van der Waals surface area contributed by atoms with Crippen molar-refractivity contribution in [2.75, 3.05) is 0 Å². The predicted octanol–water partition coefficient (Wildman–Crippen LogP) is 6.28. The van der Waals surface area contributed by atoms with Gasteiger partial charge in [0.05, 0.1) is 23.9 Å². The zero-order chi connectivity index (χ0) is 24.1. The fraction of sp³-hybridized carbons (Fsp3) is 0.0800. The van der Waals surface area contributed by atoms with E-state index in [0.29, 0.717) is 33.8 Å². The molecule has 0 saturated carbocycles. The Labute approximate surface area is 217 Å². The van der Waals surface area contributed by atoms with Gasteiger partial charge in [-0.1, -0.05) is 45.7 Å². The summed E-state index contributed by atoms with van der Waals surface area (Å²) >= 11 is 12.7. The Hall–Kier alpha value is -2.78. The highest BCUT2D eigenvalue weighted by Gasteiger charge is 2.15. The first kappa shape index (κ1) is 24.3. The maximum atomic E-state index is 12.5. The van der Waals surface area contributed by atoms with Gasteiger partial charge in [0.1, 0.15) is 0 Å². The first-order chi connectivity index (χ1) is 16.4. The number of carbonyl (C=O) groups is 2. The van der Waals surface area contributed by atoms with Crippen LogP contribution in [0.2, 0.25) is 5.02 Å². The van der Waals surface area contributed by atoms with Crippen LogP contribution in [-0.2, 0) is 22.7 Å². The van der Waals surface area contributed by atoms with Gasteiger partial charge in [-0.3, -0.25) is 4.79 Å². The van der Waals surface area contributed by atoms with Gasteiger partial charge >= 0.3 is 5.97 Å². The number of carbonyl (C=O) groups excluding carboxylic acids is 2. The number of nitrogens with zero attached hydrogens (tertiary/aromatic N) is 1. The molecule has 0 aliphatic carbocycles. The molecule has 1 aliphatic rings. The number of hydrogen-bond donors (Lipinski definition) is 1. The van der Waals surface area contributed by atoms with Crippen LogP contribution < -0.4 is 10.2 Å². The van der Waals surface area contributed by atoms with Crippen molar-refractivity contribution in [2.45, 2.75) is 13.2 Å². The summed E-state index contributed by atoms with van der Waals surface area (Å²) in [7, 11) is 0. The number of ether oxygens (including phenoxy) is 2. The number of esters is 1. The number of nitrogens with one attached hydrogen (secondary N) is 1. The Balaban J connectivity index is 1.46. The van der Waals surface area contributed by atoms with Crippen molar-refractivity contribution in [3.63, 3.8) is 0 Å². The molecule has 1 N–H and O–H groups in total. The third kappa shape index (κ3) is 6.21. The van der Waals surface area contributed by atoms with Crippen molar-refractivity contribution in [2.24, 2.45) is 5.10 Å². The van der Waals surface area contributed by atoms with E-state index in [2.05, 4.69) is 42.4 Å². The molecule has 0 atom stereocenters. The van der Waals surface area contributed by atoms with E-state index in [1.807, 2.05) is 6.07 Å². The summed E-state index contributed by atoms with van der Waals surface area (Å²) in [6, 6.07) is 15.9. The standard InChI is InChI=1S/C25H17Br2ClN2O4/c26-20-10-18(12-29-30-25(32)16-4-5-17-13-33-14-19(17)9-16)24(22(27)11-20)34-23(31)8-3-15-1-6-21(28)7-2-15/h1-12H,13-14H2,(H,30,32)/b8-3+,29-12?. The summed E-state index contributed by atoms with van der Waals surface area (Å²) in [6.45, 7) is 1.05. The highest BCUT2D eigenvalue weighted by atomic mass is 79.9. The van der Waals surface area contributed by atoms with Gasteiger partial charge in [-0.25, -0.2) is 10.2 Å². The van der Waals surface area contributed by atoms with Crippen molar-refractivity contribution in [1.82, 2.24) is 5.43 Å². The van der Waals surface area contributed by atoms with Crippen LogP contribution in [0.3, 0.4) is 0 Å². The van der Waals surface area contributed by atoms with Crippen molar-refractivity contribution < 1.29 is 19.1 Å². The van der Waals surface area contributed by atoms with Crippen LogP contribution >= 0.6 is 43.5 Å². The first-order valence-corrected chi connectivity index (χ1v) is 12.0. The minimum atomic E-state index is -0.572. The lowest BCUT2D eigenvalue weighted by Crippen LogP contribution is -2.18. The van der Waals surface area contributed by atoms with Crippen LogP contribution in [0.25, 0.3) is 6.08 Å². The molecule has 0 saturated heterocycles. The molecule has 0 aromatic heterocycles. The molecule has 6 nitrogen and oxygen atoms in total. The molecule has 0 bridgehead atoms. The number of hydrazone groups is 1. The van der Waals surface area contributed by atoms with Crippen LogP contribution in [0.5, 0.6) is 5.75 Å². The molecular formula is C25H17Br2ClN2O4. The fourth-order valence-electron chi connectivity index (χ4n) is 3.19. The molecule has 0 unspecified atom stereocenters. The van der Waals surface area contributed by atoms with E-state index in [9.17, 15) is 9.59 Å². The fourth-order valence-corrected chi connectivity index (χ4v) is 4.66. The zero-order valence-electron chi connectivity index (χ0n) is 17.6. The second kappa shape index (κ2) is 11.1. The van der Waals surface area contributed by atoms with Gasteiger partial charge in [0, 0.05) is 26.7 Å². The number of fused-ring (bicyclic) bond motifs is 1. The van der Waals surface area contributed by atoms with Gasteiger partial charge < -0.3 is 9.47 Å². The van der Waals surface area contributed by atoms with Crippen LogP contribution in [0.1, 0.15) is 32.6 Å². The molecule has 4 rings (SSSR count). The molecule has 1 heterocycles. The monoisotopic (exact) mass is 602 g/mol. The number of rotatable bonds is 6. The molecular weight excluding hydrogens is 588 g/mol. The molecule has 3 aromatic carbocycles. The van der Waals surface area contributed by atoms with Gasteiger partial charge in [-0.2, -0.15) is 5.10 Å². The largest absolute Gasteiger partial charge is 0.421 e. The average molecular weight is 605 g/mol. The number of benzene rings is 3. The molecule has 3 aromatic rings. The third-order valence-corrected chi connectivity index (χ3v) is 6.17. The number of hydrogen-bond acceptors (Lipinski definition) is 5. The smallest absolute Gasteiger partial charge is 0.336 e. The maximum Gasteiger partial charge on any atom is 0.336 e. The van der Waals surface area contributed by atoms with E-state index in [4.69, 9.17) is 21.1 Å². The molecule has 1 amide bonds. The lowest BCUT2D eigenvalue weighted by Gasteiger charge is -2.09. The summed E-state index contributed by atoms with van der Waals surface area (Å²) < 4.78 is 12.2. The van der Waals surface area contributed by atoms with Crippen molar-refractivity contribution in [1.29, 1.82) is 0 Å². The van der Waals surface area contributed by atoms with Crippen molar-refractivity contribution in [3.05, 3.63) is 102 Å². The second-order valence-corrected chi connectivity index (χ2v) is 9.49. The summed E-state index contributed by atoms with van der Waals surface area (Å²) in [5, 5.41) is 4.66. The lowest BCUT2D eigenvalue weighted by molar-refractivity contribution is -0.128. The van der Waals surface area contributed by atoms with E-state index in [1.165, 1.54) is 12.3 Å². The Kier molecular flexibility index (Phi) is 7.95. The van der Waals surface area contributed by atoms with Gasteiger partial charge in [0.2, 0.25) is 0 Å². The van der Waals surface area contributed by atoms with Gasteiger partial charge in [0.25, 0.3) is 5.91 Å². The molecule has 0 fully saturated rings. The second-order valence-electron chi connectivity index (χ2n) is 7.29. The molecule has 0 spiro atoms. The van der Waals surface area contributed by atoms with E-state index in [0.717, 1.165) is 21.2 Å².